The molecular weight excluding hydrogens is 289 g/mol. The highest BCUT2D eigenvalue weighted by atomic mass is 127. The third-order valence-corrected chi connectivity index (χ3v) is 2.49. The molecule has 0 unspecified atom stereocenters. The maximum Gasteiger partial charge on any atom is 0.318 e. The van der Waals surface area contributed by atoms with Crippen LogP contribution in [0.3, 0.4) is 0 Å². The minimum absolute atomic E-state index is 0.0594. The van der Waals surface area contributed by atoms with E-state index in [4.69, 9.17) is 0 Å². The summed E-state index contributed by atoms with van der Waals surface area (Å²) < 4.78 is 25.3. The van der Waals surface area contributed by atoms with Crippen LogP contribution in [0.5, 0.6) is 0 Å². The second kappa shape index (κ2) is 4.13. The summed E-state index contributed by atoms with van der Waals surface area (Å²) >= 11 is 1.50. The molecule has 0 heterocycles. The summed E-state index contributed by atoms with van der Waals surface area (Å²) in [5, 5.41) is 0. The first-order chi connectivity index (χ1) is 6.08. The molecular formula is C9H7F2IO. The van der Waals surface area contributed by atoms with Gasteiger partial charge in [-0.2, -0.15) is 8.78 Å². The van der Waals surface area contributed by atoms with E-state index in [9.17, 15) is 13.6 Å². The number of rotatable bonds is 3. The van der Waals surface area contributed by atoms with Crippen molar-refractivity contribution >= 4 is 28.4 Å². The summed E-state index contributed by atoms with van der Waals surface area (Å²) in [5.41, 5.74) is 0.0594. The van der Waals surface area contributed by atoms with E-state index in [2.05, 4.69) is 0 Å². The number of carbonyl (C=O) groups is 1. The molecule has 1 nitrogen and oxygen atoms in total. The highest BCUT2D eigenvalue weighted by Crippen LogP contribution is 2.22. The van der Waals surface area contributed by atoms with Crippen LogP contribution in [0, 0.1) is 0 Å². The Morgan fingerprint density at radius 3 is 2.31 bits per heavy atom. The number of alkyl halides is 3. The van der Waals surface area contributed by atoms with Crippen LogP contribution in [-0.4, -0.2) is 16.1 Å². The zero-order valence-electron chi connectivity index (χ0n) is 6.64. The molecule has 0 fully saturated rings. The SMILES string of the molecule is O=C(c1ccccc1)C(F)(F)CI. The van der Waals surface area contributed by atoms with E-state index in [1.165, 1.54) is 34.7 Å². The first-order valence-corrected chi connectivity index (χ1v) is 5.14. The molecule has 0 aliphatic carbocycles. The second-order valence-corrected chi connectivity index (χ2v) is 3.30. The molecule has 0 atom stereocenters. The molecule has 0 aromatic heterocycles. The van der Waals surface area contributed by atoms with Crippen molar-refractivity contribution < 1.29 is 13.6 Å². The summed E-state index contributed by atoms with van der Waals surface area (Å²) in [7, 11) is 0. The standard InChI is InChI=1S/C9H7F2IO/c10-9(11,6-12)8(13)7-4-2-1-3-5-7/h1-5H,6H2. The van der Waals surface area contributed by atoms with Crippen LogP contribution in [0.25, 0.3) is 0 Å². The maximum atomic E-state index is 12.9. The maximum absolute atomic E-state index is 12.9. The summed E-state index contributed by atoms with van der Waals surface area (Å²) in [6.45, 7) is 0. The molecule has 1 rings (SSSR count). The third kappa shape index (κ3) is 2.46. The van der Waals surface area contributed by atoms with Crippen molar-refractivity contribution in [2.24, 2.45) is 0 Å². The van der Waals surface area contributed by atoms with Gasteiger partial charge in [-0.3, -0.25) is 4.79 Å². The van der Waals surface area contributed by atoms with Crippen molar-refractivity contribution in [1.82, 2.24) is 0 Å². The van der Waals surface area contributed by atoms with E-state index in [1.807, 2.05) is 0 Å². The molecule has 0 N–H and O–H groups in total. The molecule has 0 saturated heterocycles. The van der Waals surface area contributed by atoms with Crippen molar-refractivity contribution in [3.8, 4) is 0 Å². The molecule has 4 heteroatoms. The summed E-state index contributed by atoms with van der Waals surface area (Å²) in [6, 6.07) is 7.59. The Morgan fingerprint density at radius 2 is 1.85 bits per heavy atom. The molecule has 0 amide bonds. The average Bonchev–Trinajstić information content (AvgIpc) is 2.18. The zero-order valence-corrected chi connectivity index (χ0v) is 8.79. The van der Waals surface area contributed by atoms with Crippen LogP contribution in [0.15, 0.2) is 30.3 Å². The molecule has 1 aromatic carbocycles. The lowest BCUT2D eigenvalue weighted by atomic mass is 10.1. The van der Waals surface area contributed by atoms with Gasteiger partial charge in [0.2, 0.25) is 5.78 Å². The lowest BCUT2D eigenvalue weighted by Crippen LogP contribution is -2.30. The van der Waals surface area contributed by atoms with Gasteiger partial charge in [0.25, 0.3) is 0 Å². The highest BCUT2D eigenvalue weighted by Gasteiger charge is 2.37. The highest BCUT2D eigenvalue weighted by molar-refractivity contribution is 14.1. The Morgan fingerprint density at radius 1 is 1.31 bits per heavy atom. The molecule has 0 bridgehead atoms. The van der Waals surface area contributed by atoms with Crippen LogP contribution in [0.2, 0.25) is 0 Å². The van der Waals surface area contributed by atoms with Gasteiger partial charge >= 0.3 is 5.92 Å². The first kappa shape index (κ1) is 10.6. The molecule has 0 aliphatic heterocycles. The fourth-order valence-electron chi connectivity index (χ4n) is 0.861. The Labute approximate surface area is 88.3 Å². The Hall–Kier alpha value is -0.520. The van der Waals surface area contributed by atoms with E-state index in [0.29, 0.717) is 0 Å². The lowest BCUT2D eigenvalue weighted by Gasteiger charge is -2.10. The van der Waals surface area contributed by atoms with E-state index < -0.39 is 16.1 Å². The minimum Gasteiger partial charge on any atom is -0.287 e. The van der Waals surface area contributed by atoms with Crippen molar-refractivity contribution in [2.75, 3.05) is 4.43 Å². The van der Waals surface area contributed by atoms with Gasteiger partial charge in [0, 0.05) is 5.56 Å². The van der Waals surface area contributed by atoms with Gasteiger partial charge in [0.15, 0.2) is 0 Å². The fourth-order valence-corrected chi connectivity index (χ4v) is 1.21. The van der Waals surface area contributed by atoms with Gasteiger partial charge in [-0.1, -0.05) is 52.9 Å². The van der Waals surface area contributed by atoms with Gasteiger partial charge in [-0.05, 0) is 0 Å². The number of benzene rings is 1. The van der Waals surface area contributed by atoms with Crippen molar-refractivity contribution in [3.63, 3.8) is 0 Å². The lowest BCUT2D eigenvalue weighted by molar-refractivity contribution is 0.0267. The topological polar surface area (TPSA) is 17.1 Å². The van der Waals surface area contributed by atoms with Crippen LogP contribution < -0.4 is 0 Å². The quantitative estimate of drug-likeness (QED) is 0.476. The molecule has 0 radical (unpaired) electrons. The summed E-state index contributed by atoms with van der Waals surface area (Å²) in [4.78, 5) is 11.1. The van der Waals surface area contributed by atoms with E-state index in [1.54, 1.807) is 18.2 Å². The Balaban J connectivity index is 2.93. The molecule has 0 aliphatic rings. The fraction of sp³-hybridized carbons (Fsp3) is 0.222. The van der Waals surface area contributed by atoms with E-state index >= 15 is 0 Å². The molecule has 0 spiro atoms. The Bertz CT molecular complexity index is 298. The average molecular weight is 296 g/mol. The summed E-state index contributed by atoms with van der Waals surface area (Å²) in [6.07, 6.45) is 0. The molecule has 0 saturated carbocycles. The van der Waals surface area contributed by atoms with E-state index in [0.717, 1.165) is 0 Å². The van der Waals surface area contributed by atoms with Crippen molar-refractivity contribution in [3.05, 3.63) is 35.9 Å². The number of halogens is 3. The van der Waals surface area contributed by atoms with Crippen LogP contribution in [0.1, 0.15) is 10.4 Å². The van der Waals surface area contributed by atoms with Crippen LogP contribution in [-0.2, 0) is 0 Å². The van der Waals surface area contributed by atoms with Gasteiger partial charge in [-0.15, -0.1) is 0 Å². The predicted octanol–water partition coefficient (Wildman–Crippen LogP) is 2.94. The van der Waals surface area contributed by atoms with Crippen molar-refractivity contribution in [1.29, 1.82) is 0 Å². The van der Waals surface area contributed by atoms with Gasteiger partial charge in [0.05, 0.1) is 4.43 Å². The van der Waals surface area contributed by atoms with Crippen molar-refractivity contribution in [2.45, 2.75) is 5.92 Å². The number of hydrogen-bond acceptors (Lipinski definition) is 1. The molecule has 70 valence electrons. The minimum atomic E-state index is -3.25. The smallest absolute Gasteiger partial charge is 0.287 e. The van der Waals surface area contributed by atoms with Gasteiger partial charge in [-0.25, -0.2) is 0 Å². The monoisotopic (exact) mass is 296 g/mol. The molecule has 13 heavy (non-hydrogen) atoms. The number of ketones is 1. The number of Topliss-reactive ketones (excluding diaryl/α,β-unsaturated/α-hetero) is 1. The number of hydrogen-bond donors (Lipinski definition) is 0. The second-order valence-electron chi connectivity index (χ2n) is 2.53. The summed E-state index contributed by atoms with van der Waals surface area (Å²) in [5.74, 6) is -4.36. The van der Waals surface area contributed by atoms with Crippen LogP contribution >= 0.6 is 22.6 Å². The predicted molar refractivity (Wildman–Crippen MR) is 54.6 cm³/mol. The molecule has 1 aromatic rings. The van der Waals surface area contributed by atoms with Gasteiger partial charge in [0.1, 0.15) is 0 Å². The zero-order chi connectivity index (χ0) is 9.90. The third-order valence-electron chi connectivity index (χ3n) is 1.54. The van der Waals surface area contributed by atoms with Crippen LogP contribution in [0.4, 0.5) is 8.78 Å². The number of carbonyl (C=O) groups excluding carboxylic acids is 1. The first-order valence-electron chi connectivity index (χ1n) is 3.61. The largest absolute Gasteiger partial charge is 0.318 e. The Kier molecular flexibility index (Phi) is 3.35. The normalized spacial score (nSPS) is 11.3. The van der Waals surface area contributed by atoms with Gasteiger partial charge < -0.3 is 0 Å². The van der Waals surface area contributed by atoms with E-state index in [-0.39, 0.29) is 5.56 Å².